The van der Waals surface area contributed by atoms with Gasteiger partial charge in [0.25, 0.3) is 0 Å². The number of hydrogen-bond donors (Lipinski definition) is 4. The molecule has 0 radical (unpaired) electrons. The van der Waals surface area contributed by atoms with E-state index in [0.717, 1.165) is 0 Å². The number of carbonyl (C=O) groups excluding carboxylic acids is 2. The van der Waals surface area contributed by atoms with Gasteiger partial charge in [0.05, 0.1) is 42.7 Å². The van der Waals surface area contributed by atoms with Gasteiger partial charge in [0.15, 0.2) is 6.29 Å². The fourth-order valence-electron chi connectivity index (χ4n) is 8.08. The molecule has 50 heavy (non-hydrogen) atoms. The second-order valence-corrected chi connectivity index (χ2v) is 15.1. The third kappa shape index (κ3) is 9.34. The van der Waals surface area contributed by atoms with E-state index in [-0.39, 0.29) is 49.7 Å². The van der Waals surface area contributed by atoms with E-state index in [9.17, 15) is 30.0 Å². The Hall–Kier alpha value is -1.94. The summed E-state index contributed by atoms with van der Waals surface area (Å²) in [6.45, 7) is 7.67. The molecule has 0 aliphatic carbocycles. The molecule has 13 heteroatoms. The van der Waals surface area contributed by atoms with Crippen molar-refractivity contribution in [2.24, 2.45) is 11.8 Å². The molecule has 5 heterocycles. The van der Waals surface area contributed by atoms with Crippen LogP contribution in [0.5, 0.6) is 0 Å². The summed E-state index contributed by atoms with van der Waals surface area (Å²) in [4.78, 5) is 26.3. The number of rotatable bonds is 6. The standard InChI is InChI=1S/C37H58O13/c1-6-10-31(39)50-30-18-25-16-24(47-35-34(44-5)33(41)32(40)22(4)45-35)15-23(46-25)13-20(2)11-8-7-9-12-28-21(3)14-29(49-28)27(38)17-26-19-37(30,43)36(42)48-26/h7-9,11,20-30,32-35,38,40-41,43H,6,10,12-19H2,1-5H3/b9-7-,11-8-/t20-,21+,22-,23+,24-,25+,26+,27+,28+,29+,30+,32+,33+,34+,35-,37+/m0/s1. The molecule has 0 unspecified atom stereocenters. The van der Waals surface area contributed by atoms with Crippen LogP contribution >= 0.6 is 0 Å². The average molecular weight is 711 g/mol. The summed E-state index contributed by atoms with van der Waals surface area (Å²) < 4.78 is 42.2. The lowest BCUT2D eigenvalue weighted by Crippen LogP contribution is -2.59. The molecule has 5 aliphatic rings. The fourth-order valence-corrected chi connectivity index (χ4v) is 8.08. The number of aliphatic hydroxyl groups is 4. The van der Waals surface area contributed by atoms with Crippen molar-refractivity contribution >= 4 is 11.9 Å². The van der Waals surface area contributed by atoms with Gasteiger partial charge in [-0.05, 0) is 44.4 Å². The van der Waals surface area contributed by atoms with Crippen LogP contribution in [-0.2, 0) is 42.7 Å². The molecule has 284 valence electrons. The Bertz CT molecular complexity index is 1190. The van der Waals surface area contributed by atoms with Gasteiger partial charge in [0.1, 0.15) is 30.5 Å². The predicted molar refractivity (Wildman–Crippen MR) is 179 cm³/mol. The number of fused-ring (bicyclic) bond motifs is 6. The van der Waals surface area contributed by atoms with Gasteiger partial charge in [-0.3, -0.25) is 4.79 Å². The van der Waals surface area contributed by atoms with Crippen LogP contribution in [-0.4, -0.2) is 125 Å². The summed E-state index contributed by atoms with van der Waals surface area (Å²) >= 11 is 0. The highest BCUT2D eigenvalue weighted by Gasteiger charge is 2.57. The van der Waals surface area contributed by atoms with E-state index in [1.54, 1.807) is 6.92 Å². The molecule has 0 aromatic rings. The van der Waals surface area contributed by atoms with Crippen molar-refractivity contribution in [2.75, 3.05) is 7.11 Å². The lowest BCUT2D eigenvalue weighted by Gasteiger charge is -2.44. The Kier molecular flexibility index (Phi) is 13.6. The zero-order valence-electron chi connectivity index (χ0n) is 30.0. The van der Waals surface area contributed by atoms with E-state index < -0.39 is 84.9 Å². The molecule has 0 amide bonds. The number of hydrogen-bond acceptors (Lipinski definition) is 13. The van der Waals surface area contributed by atoms with Gasteiger partial charge in [0, 0.05) is 45.6 Å². The van der Waals surface area contributed by atoms with Crippen molar-refractivity contribution in [3.05, 3.63) is 24.3 Å². The summed E-state index contributed by atoms with van der Waals surface area (Å²) in [5.41, 5.74) is -2.15. The van der Waals surface area contributed by atoms with E-state index in [4.69, 9.17) is 33.2 Å². The summed E-state index contributed by atoms with van der Waals surface area (Å²) in [6.07, 6.45) is 1.62. The monoisotopic (exact) mass is 710 g/mol. The maximum absolute atomic E-state index is 13.4. The lowest BCUT2D eigenvalue weighted by atomic mass is 9.85. The highest BCUT2D eigenvalue weighted by Crippen LogP contribution is 2.40. The predicted octanol–water partition coefficient (Wildman–Crippen LogP) is 2.64. The molecule has 5 aliphatic heterocycles. The largest absolute Gasteiger partial charge is 0.460 e. The lowest BCUT2D eigenvalue weighted by molar-refractivity contribution is -0.316. The maximum Gasteiger partial charge on any atom is 0.342 e. The van der Waals surface area contributed by atoms with Gasteiger partial charge < -0.3 is 53.6 Å². The van der Waals surface area contributed by atoms with Crippen molar-refractivity contribution < 1.29 is 63.2 Å². The first kappa shape index (κ1) is 39.3. The van der Waals surface area contributed by atoms with Crippen molar-refractivity contribution in [3.8, 4) is 0 Å². The minimum Gasteiger partial charge on any atom is -0.460 e. The first-order chi connectivity index (χ1) is 23.8. The number of esters is 2. The Morgan fingerprint density at radius 2 is 1.66 bits per heavy atom. The third-order valence-corrected chi connectivity index (χ3v) is 10.9. The SMILES string of the molecule is CCCC(=O)O[C@@H]1C[C@H]2C[C@@H](O[C@@H]3O[C@@H](C)[C@@H](O)[C@@H](O)[C@H]3OC)C[C@@H](C[C@@H](C)/C=C\C=C/C[C@H]3O[C@H](C[C@H]3C)[C@H](O)C[C@@H]3C[C@]1(O)C(=O)O3)O2. The number of ether oxygens (including phenoxy) is 7. The molecular weight excluding hydrogens is 652 g/mol. The molecule has 0 saturated carbocycles. The Morgan fingerprint density at radius 3 is 2.38 bits per heavy atom. The smallest absolute Gasteiger partial charge is 0.342 e. The van der Waals surface area contributed by atoms with Crippen LogP contribution in [0.15, 0.2) is 24.3 Å². The molecule has 13 nitrogen and oxygen atoms in total. The van der Waals surface area contributed by atoms with Gasteiger partial charge in [0.2, 0.25) is 5.60 Å². The number of methoxy groups -OCH3 is 1. The highest BCUT2D eigenvalue weighted by atomic mass is 16.7. The van der Waals surface area contributed by atoms with E-state index >= 15 is 0 Å². The van der Waals surface area contributed by atoms with Crippen LogP contribution in [0.1, 0.15) is 91.9 Å². The maximum atomic E-state index is 13.4. The first-order valence-electron chi connectivity index (χ1n) is 18.5. The summed E-state index contributed by atoms with van der Waals surface area (Å²) in [6, 6.07) is 0. The van der Waals surface area contributed by atoms with Gasteiger partial charge in [-0.25, -0.2) is 4.79 Å². The van der Waals surface area contributed by atoms with Gasteiger partial charge in [-0.1, -0.05) is 45.1 Å². The molecule has 0 spiro atoms. The van der Waals surface area contributed by atoms with Gasteiger partial charge in [-0.2, -0.15) is 0 Å². The van der Waals surface area contributed by atoms with Crippen LogP contribution in [0.3, 0.4) is 0 Å². The van der Waals surface area contributed by atoms with Crippen molar-refractivity contribution in [1.29, 1.82) is 0 Å². The highest BCUT2D eigenvalue weighted by molar-refractivity contribution is 5.83. The van der Waals surface area contributed by atoms with Crippen LogP contribution in [0, 0.1) is 11.8 Å². The second kappa shape index (κ2) is 17.3. The van der Waals surface area contributed by atoms with E-state index in [1.807, 2.05) is 19.1 Å². The molecule has 4 saturated heterocycles. The van der Waals surface area contributed by atoms with E-state index in [2.05, 4.69) is 26.0 Å². The van der Waals surface area contributed by atoms with Crippen LogP contribution < -0.4 is 0 Å². The zero-order chi connectivity index (χ0) is 36.2. The van der Waals surface area contributed by atoms with Crippen molar-refractivity contribution in [3.63, 3.8) is 0 Å². The Labute approximate surface area is 295 Å². The molecule has 4 fully saturated rings. The van der Waals surface area contributed by atoms with Crippen molar-refractivity contribution in [1.82, 2.24) is 0 Å². The number of aliphatic hydroxyl groups excluding tert-OH is 3. The Morgan fingerprint density at radius 1 is 0.920 bits per heavy atom. The summed E-state index contributed by atoms with van der Waals surface area (Å²) in [7, 11) is 1.42. The van der Waals surface area contributed by atoms with Crippen LogP contribution in [0.2, 0.25) is 0 Å². The summed E-state index contributed by atoms with van der Waals surface area (Å²) in [5, 5.41) is 44.2. The fraction of sp³-hybridized carbons (Fsp3) is 0.838. The van der Waals surface area contributed by atoms with E-state index in [0.29, 0.717) is 38.5 Å². The third-order valence-electron chi connectivity index (χ3n) is 10.9. The first-order valence-corrected chi connectivity index (χ1v) is 18.5. The molecule has 16 atom stereocenters. The molecule has 6 bridgehead atoms. The topological polar surface area (TPSA) is 180 Å². The molecule has 5 rings (SSSR count). The van der Waals surface area contributed by atoms with E-state index in [1.165, 1.54) is 7.11 Å². The number of allylic oxidation sites excluding steroid dienone is 3. The summed E-state index contributed by atoms with van der Waals surface area (Å²) in [5.74, 6) is -1.12. The zero-order valence-corrected chi connectivity index (χ0v) is 30.0. The van der Waals surface area contributed by atoms with Crippen LogP contribution in [0.25, 0.3) is 0 Å². The molecule has 4 N–H and O–H groups in total. The molecule has 0 aromatic heterocycles. The number of carbonyl (C=O) groups is 2. The molecule has 0 aromatic carbocycles. The Balaban J connectivity index is 1.42. The second-order valence-electron chi connectivity index (χ2n) is 15.1. The molecular formula is C37H58O13. The van der Waals surface area contributed by atoms with Gasteiger partial charge in [-0.15, -0.1) is 0 Å². The minimum atomic E-state index is -2.15. The normalized spacial score (nSPS) is 47.2. The average Bonchev–Trinajstić information content (AvgIpc) is 3.57. The quantitative estimate of drug-likeness (QED) is 0.296. The van der Waals surface area contributed by atoms with Crippen molar-refractivity contribution in [2.45, 2.75) is 177 Å². The van der Waals surface area contributed by atoms with Gasteiger partial charge >= 0.3 is 11.9 Å². The minimum absolute atomic E-state index is 0.0124. The van der Waals surface area contributed by atoms with Crippen LogP contribution in [0.4, 0.5) is 0 Å².